The Bertz CT molecular complexity index is 1080. The molecule has 4 heteroatoms. The fourth-order valence-electron chi connectivity index (χ4n) is 4.03. The van der Waals surface area contributed by atoms with Crippen molar-refractivity contribution in [2.45, 2.75) is 65.6 Å². The first-order valence-electron chi connectivity index (χ1n) is 12.1. The van der Waals surface area contributed by atoms with Crippen molar-refractivity contribution in [1.82, 2.24) is 10.2 Å². The number of carbonyl (C=O) groups is 2. The molecule has 2 atom stereocenters. The second kappa shape index (κ2) is 12.2. The quantitative estimate of drug-likeness (QED) is 0.444. The summed E-state index contributed by atoms with van der Waals surface area (Å²) in [5.41, 5.74) is 5.25. The van der Waals surface area contributed by atoms with E-state index in [4.69, 9.17) is 0 Å². The Hall–Kier alpha value is -3.40. The van der Waals surface area contributed by atoms with Crippen LogP contribution in [0.15, 0.2) is 78.9 Å². The van der Waals surface area contributed by atoms with E-state index >= 15 is 0 Å². The molecule has 0 unspecified atom stereocenters. The monoisotopic (exact) mass is 456 g/mol. The van der Waals surface area contributed by atoms with Crippen LogP contribution >= 0.6 is 0 Å². The van der Waals surface area contributed by atoms with Crippen molar-refractivity contribution in [3.8, 4) is 0 Å². The number of nitrogens with zero attached hydrogens (tertiary/aromatic N) is 1. The van der Waals surface area contributed by atoms with E-state index in [9.17, 15) is 9.59 Å². The number of rotatable bonds is 10. The Morgan fingerprint density at radius 2 is 1.50 bits per heavy atom. The van der Waals surface area contributed by atoms with Crippen LogP contribution in [-0.4, -0.2) is 28.8 Å². The van der Waals surface area contributed by atoms with Gasteiger partial charge in [0.15, 0.2) is 0 Å². The van der Waals surface area contributed by atoms with Crippen molar-refractivity contribution in [3.63, 3.8) is 0 Å². The lowest BCUT2D eigenvalue weighted by Gasteiger charge is -2.32. The van der Waals surface area contributed by atoms with E-state index in [1.165, 1.54) is 0 Å². The summed E-state index contributed by atoms with van der Waals surface area (Å²) in [6, 6.07) is 25.5. The van der Waals surface area contributed by atoms with Gasteiger partial charge in [-0.05, 0) is 49.4 Å². The molecule has 0 heterocycles. The number of aryl methyl sites for hydroxylation is 2. The van der Waals surface area contributed by atoms with E-state index in [0.717, 1.165) is 34.2 Å². The van der Waals surface area contributed by atoms with E-state index in [1.54, 1.807) is 4.90 Å². The summed E-state index contributed by atoms with van der Waals surface area (Å²) in [4.78, 5) is 29.1. The second-order valence-electron chi connectivity index (χ2n) is 9.14. The molecule has 0 aromatic heterocycles. The van der Waals surface area contributed by atoms with E-state index in [0.29, 0.717) is 13.0 Å². The van der Waals surface area contributed by atoms with Crippen LogP contribution < -0.4 is 5.32 Å². The summed E-state index contributed by atoms with van der Waals surface area (Å²) in [5.74, 6) is -0.152. The molecule has 0 spiro atoms. The third-order valence-corrected chi connectivity index (χ3v) is 6.31. The van der Waals surface area contributed by atoms with Crippen LogP contribution in [0.3, 0.4) is 0 Å². The summed E-state index contributed by atoms with van der Waals surface area (Å²) in [7, 11) is 0. The molecule has 4 nitrogen and oxygen atoms in total. The maximum Gasteiger partial charge on any atom is 0.243 e. The van der Waals surface area contributed by atoms with Crippen LogP contribution in [0, 0.1) is 13.8 Å². The van der Waals surface area contributed by atoms with E-state index < -0.39 is 6.04 Å². The molecule has 34 heavy (non-hydrogen) atoms. The Kier molecular flexibility index (Phi) is 9.03. The van der Waals surface area contributed by atoms with Gasteiger partial charge in [0.2, 0.25) is 11.8 Å². The smallest absolute Gasteiger partial charge is 0.243 e. The van der Waals surface area contributed by atoms with Crippen molar-refractivity contribution in [2.75, 3.05) is 0 Å². The highest BCUT2D eigenvalue weighted by Gasteiger charge is 2.31. The molecule has 0 bridgehead atoms. The van der Waals surface area contributed by atoms with E-state index in [2.05, 4.69) is 23.5 Å². The van der Waals surface area contributed by atoms with Crippen LogP contribution in [-0.2, 0) is 29.0 Å². The molecule has 0 fully saturated rings. The van der Waals surface area contributed by atoms with Gasteiger partial charge < -0.3 is 10.2 Å². The van der Waals surface area contributed by atoms with Crippen molar-refractivity contribution >= 4 is 11.8 Å². The van der Waals surface area contributed by atoms with Crippen LogP contribution in [0.4, 0.5) is 0 Å². The molecule has 0 saturated carbocycles. The van der Waals surface area contributed by atoms with Gasteiger partial charge in [0.1, 0.15) is 6.04 Å². The number of carbonyl (C=O) groups excluding carboxylic acids is 2. The third kappa shape index (κ3) is 7.05. The molecule has 2 amide bonds. The largest absolute Gasteiger partial charge is 0.352 e. The average molecular weight is 457 g/mol. The minimum atomic E-state index is -0.603. The average Bonchev–Trinajstić information content (AvgIpc) is 2.84. The Balaban J connectivity index is 1.98. The normalized spacial score (nSPS) is 12.6. The zero-order valence-corrected chi connectivity index (χ0v) is 20.8. The second-order valence-corrected chi connectivity index (χ2v) is 9.14. The standard InChI is InChI=1S/C30H36N2O2/c1-5-24(4)31-30(34)28(19-25-12-8-6-9-13-25)32(21-26-14-10-7-11-15-26)29(33)20-27-18-22(2)16-17-23(27)3/h6-18,24,28H,5,19-21H2,1-4H3,(H,31,34)/t24-,28-/m0/s1. The highest BCUT2D eigenvalue weighted by Crippen LogP contribution is 2.19. The fraction of sp³-hybridized carbons (Fsp3) is 0.333. The first kappa shape index (κ1) is 25.2. The molecule has 3 aromatic rings. The van der Waals surface area contributed by atoms with Crippen molar-refractivity contribution in [3.05, 3.63) is 107 Å². The molecule has 0 saturated heterocycles. The van der Waals surface area contributed by atoms with Gasteiger partial charge in [-0.2, -0.15) is 0 Å². The zero-order valence-electron chi connectivity index (χ0n) is 20.8. The van der Waals surface area contributed by atoms with Crippen molar-refractivity contribution in [2.24, 2.45) is 0 Å². The molecule has 3 rings (SSSR count). The topological polar surface area (TPSA) is 49.4 Å². The first-order valence-corrected chi connectivity index (χ1v) is 12.1. The zero-order chi connectivity index (χ0) is 24.5. The number of benzene rings is 3. The van der Waals surface area contributed by atoms with Crippen LogP contribution in [0.25, 0.3) is 0 Å². The van der Waals surface area contributed by atoms with Gasteiger partial charge in [0, 0.05) is 19.0 Å². The van der Waals surface area contributed by atoms with Gasteiger partial charge >= 0.3 is 0 Å². The molecule has 1 N–H and O–H groups in total. The van der Waals surface area contributed by atoms with Crippen LogP contribution in [0.1, 0.15) is 48.1 Å². The number of amides is 2. The van der Waals surface area contributed by atoms with Gasteiger partial charge in [-0.3, -0.25) is 9.59 Å². The molecule has 0 aliphatic rings. The highest BCUT2D eigenvalue weighted by molar-refractivity contribution is 5.89. The Labute approximate surface area is 204 Å². The van der Waals surface area contributed by atoms with Gasteiger partial charge in [0.05, 0.1) is 6.42 Å². The molecular formula is C30H36N2O2. The predicted molar refractivity (Wildman–Crippen MR) is 138 cm³/mol. The minimum Gasteiger partial charge on any atom is -0.352 e. The Morgan fingerprint density at radius 1 is 0.882 bits per heavy atom. The van der Waals surface area contributed by atoms with Crippen molar-refractivity contribution < 1.29 is 9.59 Å². The number of hydrogen-bond acceptors (Lipinski definition) is 2. The van der Waals surface area contributed by atoms with E-state index in [-0.39, 0.29) is 24.3 Å². The molecule has 0 aliphatic carbocycles. The van der Waals surface area contributed by atoms with Gasteiger partial charge in [-0.1, -0.05) is 91.3 Å². The predicted octanol–water partition coefficient (Wildman–Crippen LogP) is 5.40. The molecule has 178 valence electrons. The lowest BCUT2D eigenvalue weighted by molar-refractivity contribution is -0.141. The number of hydrogen-bond donors (Lipinski definition) is 1. The lowest BCUT2D eigenvalue weighted by Crippen LogP contribution is -2.52. The summed E-state index contributed by atoms with van der Waals surface area (Å²) in [6.07, 6.45) is 1.57. The van der Waals surface area contributed by atoms with Crippen molar-refractivity contribution in [1.29, 1.82) is 0 Å². The minimum absolute atomic E-state index is 0.0402. The maximum absolute atomic E-state index is 13.8. The van der Waals surface area contributed by atoms with Gasteiger partial charge in [-0.25, -0.2) is 0 Å². The molecular weight excluding hydrogens is 420 g/mol. The summed E-state index contributed by atoms with van der Waals surface area (Å²) < 4.78 is 0. The van der Waals surface area contributed by atoms with Gasteiger partial charge in [0.25, 0.3) is 0 Å². The molecule has 0 aliphatic heterocycles. The molecule has 3 aromatic carbocycles. The van der Waals surface area contributed by atoms with Crippen LogP contribution in [0.5, 0.6) is 0 Å². The lowest BCUT2D eigenvalue weighted by atomic mass is 9.99. The van der Waals surface area contributed by atoms with Crippen LogP contribution in [0.2, 0.25) is 0 Å². The Morgan fingerprint density at radius 3 is 2.12 bits per heavy atom. The summed E-state index contributed by atoms with van der Waals surface area (Å²) in [5, 5.41) is 3.12. The third-order valence-electron chi connectivity index (χ3n) is 6.31. The maximum atomic E-state index is 13.8. The molecule has 0 radical (unpaired) electrons. The highest BCUT2D eigenvalue weighted by atomic mass is 16.2. The number of nitrogens with one attached hydrogen (secondary N) is 1. The fourth-order valence-corrected chi connectivity index (χ4v) is 4.03. The van der Waals surface area contributed by atoms with E-state index in [1.807, 2.05) is 88.4 Å². The SMILES string of the molecule is CC[C@H](C)NC(=O)[C@H](Cc1ccccc1)N(Cc1ccccc1)C(=O)Cc1cc(C)ccc1C. The summed E-state index contributed by atoms with van der Waals surface area (Å²) in [6.45, 7) is 8.49. The first-order chi connectivity index (χ1) is 16.4. The van der Waals surface area contributed by atoms with Gasteiger partial charge in [-0.15, -0.1) is 0 Å². The summed E-state index contributed by atoms with van der Waals surface area (Å²) >= 11 is 0.